The van der Waals surface area contributed by atoms with E-state index in [9.17, 15) is 13.2 Å². The molecule has 0 unspecified atom stereocenters. The molecule has 0 spiro atoms. The van der Waals surface area contributed by atoms with Gasteiger partial charge in [-0.3, -0.25) is 0 Å². The van der Waals surface area contributed by atoms with E-state index < -0.39 is 11.7 Å². The zero-order chi connectivity index (χ0) is 13.1. The second kappa shape index (κ2) is 5.36. The van der Waals surface area contributed by atoms with Crippen LogP contribution >= 0.6 is 11.3 Å². The Morgan fingerprint density at radius 2 is 2.00 bits per heavy atom. The Balaban J connectivity index is 3.14. The van der Waals surface area contributed by atoms with Crippen LogP contribution in [0, 0.1) is 6.92 Å². The van der Waals surface area contributed by atoms with E-state index in [1.807, 2.05) is 19.1 Å². The van der Waals surface area contributed by atoms with Crippen LogP contribution in [0.2, 0.25) is 0 Å². The first kappa shape index (κ1) is 13.8. The number of hydrogen-bond acceptors (Lipinski definition) is 1. The average Bonchev–Trinajstić information content (AvgIpc) is 2.64. The fourth-order valence-corrected chi connectivity index (χ4v) is 2.22. The third kappa shape index (κ3) is 3.60. The Labute approximate surface area is 103 Å². The van der Waals surface area contributed by atoms with Gasteiger partial charge in [0.1, 0.15) is 0 Å². The summed E-state index contributed by atoms with van der Waals surface area (Å²) >= 11 is 1.47. The topological polar surface area (TPSA) is 0 Å². The van der Waals surface area contributed by atoms with Gasteiger partial charge in [-0.15, -0.1) is 11.3 Å². The number of aryl methyl sites for hydroxylation is 1. The molecule has 0 saturated heterocycles. The highest BCUT2D eigenvalue weighted by molar-refractivity contribution is 7.13. The van der Waals surface area contributed by atoms with E-state index in [2.05, 4.69) is 6.58 Å². The SMILES string of the molecule is C=C/C(=C\C(=C/C)c1ccc(C)s1)C(F)(F)F. The first-order chi connectivity index (χ1) is 7.88. The molecule has 0 N–H and O–H groups in total. The monoisotopic (exact) mass is 258 g/mol. The van der Waals surface area contributed by atoms with Crippen molar-refractivity contribution < 1.29 is 13.2 Å². The summed E-state index contributed by atoms with van der Waals surface area (Å²) in [5.41, 5.74) is -0.160. The smallest absolute Gasteiger partial charge is 0.166 e. The summed E-state index contributed by atoms with van der Waals surface area (Å²) in [4.78, 5) is 1.90. The molecule has 0 radical (unpaired) electrons. The number of alkyl halides is 3. The molecule has 0 aliphatic heterocycles. The van der Waals surface area contributed by atoms with Gasteiger partial charge in [0.25, 0.3) is 0 Å². The molecule has 1 aromatic heterocycles. The molecule has 1 rings (SSSR count). The maximum Gasteiger partial charge on any atom is 0.416 e. The predicted octanol–water partition coefficient (Wildman–Crippen LogP) is 5.13. The highest BCUT2D eigenvalue weighted by Crippen LogP contribution is 2.31. The predicted molar refractivity (Wildman–Crippen MR) is 67.0 cm³/mol. The van der Waals surface area contributed by atoms with Gasteiger partial charge in [0.05, 0.1) is 5.57 Å². The van der Waals surface area contributed by atoms with Crippen LogP contribution in [0.5, 0.6) is 0 Å². The summed E-state index contributed by atoms with van der Waals surface area (Å²) in [7, 11) is 0. The Morgan fingerprint density at radius 1 is 1.35 bits per heavy atom. The third-order valence-corrected chi connectivity index (χ3v) is 3.24. The summed E-state index contributed by atoms with van der Waals surface area (Å²) in [5.74, 6) is 0. The summed E-state index contributed by atoms with van der Waals surface area (Å²) in [6.45, 7) is 6.84. The van der Waals surface area contributed by atoms with Gasteiger partial charge in [0.15, 0.2) is 0 Å². The highest BCUT2D eigenvalue weighted by atomic mass is 32.1. The van der Waals surface area contributed by atoms with E-state index in [-0.39, 0.29) is 0 Å². The fraction of sp³-hybridized carbons (Fsp3) is 0.231. The molecule has 4 heteroatoms. The van der Waals surface area contributed by atoms with Gasteiger partial charge >= 0.3 is 6.18 Å². The minimum absolute atomic E-state index is 0.565. The van der Waals surface area contributed by atoms with Crippen LogP contribution in [0.25, 0.3) is 5.57 Å². The molecule has 0 nitrogen and oxygen atoms in total. The lowest BCUT2D eigenvalue weighted by molar-refractivity contribution is -0.0880. The molecule has 0 fully saturated rings. The van der Waals surface area contributed by atoms with E-state index in [0.29, 0.717) is 5.57 Å². The zero-order valence-corrected chi connectivity index (χ0v) is 10.5. The van der Waals surface area contributed by atoms with Crippen LogP contribution in [-0.4, -0.2) is 6.18 Å². The van der Waals surface area contributed by atoms with Crippen molar-refractivity contribution in [2.75, 3.05) is 0 Å². The van der Waals surface area contributed by atoms with Crippen LogP contribution in [0.15, 0.2) is 42.5 Å². The summed E-state index contributed by atoms with van der Waals surface area (Å²) in [6.07, 6.45) is -0.731. The van der Waals surface area contributed by atoms with Gasteiger partial charge < -0.3 is 0 Å². The lowest BCUT2D eigenvalue weighted by Crippen LogP contribution is -2.09. The maximum atomic E-state index is 12.6. The van der Waals surface area contributed by atoms with Gasteiger partial charge in [-0.05, 0) is 37.6 Å². The van der Waals surface area contributed by atoms with Crippen molar-refractivity contribution in [3.63, 3.8) is 0 Å². The van der Waals surface area contributed by atoms with Crippen molar-refractivity contribution in [3.8, 4) is 0 Å². The molecule has 0 amide bonds. The Bertz CT molecular complexity index is 461. The third-order valence-electron chi connectivity index (χ3n) is 2.19. The first-order valence-electron chi connectivity index (χ1n) is 5.03. The van der Waals surface area contributed by atoms with Crippen LogP contribution < -0.4 is 0 Å². The van der Waals surface area contributed by atoms with Crippen LogP contribution in [0.4, 0.5) is 13.2 Å². The second-order valence-electron chi connectivity index (χ2n) is 3.46. The fourth-order valence-electron chi connectivity index (χ4n) is 1.31. The summed E-state index contributed by atoms with van der Waals surface area (Å²) in [5, 5.41) is 0. The molecule has 92 valence electrons. The van der Waals surface area contributed by atoms with Crippen molar-refractivity contribution >= 4 is 16.9 Å². The molecular weight excluding hydrogens is 245 g/mol. The number of halogens is 3. The Hall–Kier alpha value is -1.29. The van der Waals surface area contributed by atoms with Crippen molar-refractivity contribution in [1.29, 1.82) is 0 Å². The van der Waals surface area contributed by atoms with Crippen LogP contribution in [0.3, 0.4) is 0 Å². The first-order valence-corrected chi connectivity index (χ1v) is 5.84. The van der Waals surface area contributed by atoms with Crippen LogP contribution in [0.1, 0.15) is 16.7 Å². The zero-order valence-electron chi connectivity index (χ0n) is 9.64. The van der Waals surface area contributed by atoms with Crippen molar-refractivity contribution in [2.24, 2.45) is 0 Å². The Kier molecular flexibility index (Phi) is 4.34. The highest BCUT2D eigenvalue weighted by Gasteiger charge is 2.31. The van der Waals surface area contributed by atoms with E-state index in [1.165, 1.54) is 11.3 Å². The molecular formula is C13H13F3S. The molecule has 0 atom stereocenters. The standard InChI is InChI=1S/C13H13F3S/c1-4-10(12-7-6-9(3)17-12)8-11(5-2)13(14,15)16/h4-8H,2H2,1,3H3/b10-4+,11-8+. The number of hydrogen-bond donors (Lipinski definition) is 0. The average molecular weight is 258 g/mol. The summed E-state index contributed by atoms with van der Waals surface area (Å²) < 4.78 is 37.7. The van der Waals surface area contributed by atoms with Gasteiger partial charge in [-0.2, -0.15) is 13.2 Å². The van der Waals surface area contributed by atoms with Crippen molar-refractivity contribution in [3.05, 3.63) is 52.3 Å². The lowest BCUT2D eigenvalue weighted by Gasteiger charge is -2.08. The second-order valence-corrected chi connectivity index (χ2v) is 4.74. The normalized spacial score (nSPS) is 13.9. The summed E-state index contributed by atoms with van der Waals surface area (Å²) in [6, 6.07) is 3.71. The van der Waals surface area contributed by atoms with E-state index in [4.69, 9.17) is 0 Å². The van der Waals surface area contributed by atoms with Crippen LogP contribution in [-0.2, 0) is 0 Å². The lowest BCUT2D eigenvalue weighted by atomic mass is 10.1. The molecule has 0 aliphatic rings. The largest absolute Gasteiger partial charge is 0.416 e. The molecule has 0 bridgehead atoms. The molecule has 17 heavy (non-hydrogen) atoms. The van der Waals surface area contributed by atoms with E-state index in [0.717, 1.165) is 21.9 Å². The quantitative estimate of drug-likeness (QED) is 0.659. The number of rotatable bonds is 3. The molecule has 1 aromatic rings. The van der Waals surface area contributed by atoms with E-state index in [1.54, 1.807) is 13.0 Å². The maximum absolute atomic E-state index is 12.6. The van der Waals surface area contributed by atoms with Gasteiger partial charge in [0.2, 0.25) is 0 Å². The Morgan fingerprint density at radius 3 is 2.35 bits per heavy atom. The van der Waals surface area contributed by atoms with Gasteiger partial charge in [0, 0.05) is 9.75 Å². The van der Waals surface area contributed by atoms with Gasteiger partial charge in [-0.25, -0.2) is 0 Å². The minimum atomic E-state index is -4.36. The number of allylic oxidation sites excluding steroid dienone is 5. The van der Waals surface area contributed by atoms with Crippen molar-refractivity contribution in [1.82, 2.24) is 0 Å². The molecule has 1 heterocycles. The van der Waals surface area contributed by atoms with Gasteiger partial charge in [-0.1, -0.05) is 18.7 Å². The minimum Gasteiger partial charge on any atom is -0.166 e. The van der Waals surface area contributed by atoms with Crippen molar-refractivity contribution in [2.45, 2.75) is 20.0 Å². The molecule has 0 saturated carbocycles. The number of thiophene rings is 1. The molecule has 0 aromatic carbocycles. The molecule has 0 aliphatic carbocycles. The van der Waals surface area contributed by atoms with E-state index >= 15 is 0 Å².